The molecule has 18 heavy (non-hydrogen) atoms. The van der Waals surface area contributed by atoms with Gasteiger partial charge in [-0.2, -0.15) is 0 Å². The summed E-state index contributed by atoms with van der Waals surface area (Å²) in [6, 6.07) is 2.86. The van der Waals surface area contributed by atoms with Gasteiger partial charge in [0, 0.05) is 30.6 Å². The minimum atomic E-state index is 0.628. The van der Waals surface area contributed by atoms with Crippen LogP contribution in [-0.2, 0) is 0 Å². The minimum Gasteiger partial charge on any atom is -0.351 e. The summed E-state index contributed by atoms with van der Waals surface area (Å²) in [4.78, 5) is 13.9. The van der Waals surface area contributed by atoms with Crippen molar-refractivity contribution < 1.29 is 0 Å². The summed E-state index contributed by atoms with van der Waals surface area (Å²) in [7, 11) is 0. The van der Waals surface area contributed by atoms with Gasteiger partial charge in [-0.3, -0.25) is 0 Å². The second-order valence-electron chi connectivity index (χ2n) is 5.24. The fourth-order valence-electron chi connectivity index (χ4n) is 3.30. The number of hydrogen-bond acceptors (Lipinski definition) is 5. The zero-order valence-corrected chi connectivity index (χ0v) is 11.2. The highest BCUT2D eigenvalue weighted by Gasteiger charge is 2.38. The number of nitrogens with one attached hydrogen (secondary N) is 1. The van der Waals surface area contributed by atoms with Crippen LogP contribution in [0.5, 0.6) is 0 Å². The molecule has 2 atom stereocenters. The van der Waals surface area contributed by atoms with Crippen molar-refractivity contribution in [2.45, 2.75) is 19.4 Å². The van der Waals surface area contributed by atoms with Crippen molar-refractivity contribution in [3.63, 3.8) is 0 Å². The maximum Gasteiger partial charge on any atom is 0.141 e. The molecule has 0 aliphatic carbocycles. The number of thiophene rings is 1. The van der Waals surface area contributed by atoms with Crippen molar-refractivity contribution in [1.82, 2.24) is 15.3 Å². The Balaban J connectivity index is 1.82. The lowest BCUT2D eigenvalue weighted by Gasteiger charge is -2.24. The Morgan fingerprint density at radius 1 is 1.39 bits per heavy atom. The molecule has 1 N–H and O–H groups in total. The third-order valence-electron chi connectivity index (χ3n) is 4.15. The number of fused-ring (bicyclic) bond motifs is 2. The maximum absolute atomic E-state index is 4.56. The van der Waals surface area contributed by atoms with Gasteiger partial charge in [0.25, 0.3) is 0 Å². The molecule has 5 heteroatoms. The van der Waals surface area contributed by atoms with Gasteiger partial charge in [0.1, 0.15) is 17.0 Å². The largest absolute Gasteiger partial charge is 0.351 e. The standard InChI is InChI=1S/C13H16N4S/c1-8-4-10-12(15-7-16-13(10)18-8)17-3-2-9-5-14-6-11(9)17/h4,7,9,11,14H,2-3,5-6H2,1H3/t9-,11+/m0/s1. The van der Waals surface area contributed by atoms with Crippen LogP contribution in [-0.4, -0.2) is 35.6 Å². The van der Waals surface area contributed by atoms with Crippen LogP contribution in [0.15, 0.2) is 12.4 Å². The number of nitrogens with zero attached hydrogens (tertiary/aromatic N) is 3. The van der Waals surface area contributed by atoms with E-state index in [1.165, 1.54) is 16.7 Å². The molecular formula is C13H16N4S. The molecule has 2 saturated heterocycles. The maximum atomic E-state index is 4.56. The second kappa shape index (κ2) is 3.90. The molecule has 0 aromatic carbocycles. The molecule has 2 aliphatic rings. The van der Waals surface area contributed by atoms with E-state index in [-0.39, 0.29) is 0 Å². The molecular weight excluding hydrogens is 244 g/mol. The van der Waals surface area contributed by atoms with Crippen LogP contribution in [0.1, 0.15) is 11.3 Å². The molecule has 2 aromatic rings. The van der Waals surface area contributed by atoms with Crippen LogP contribution >= 0.6 is 11.3 Å². The summed E-state index contributed by atoms with van der Waals surface area (Å²) >= 11 is 1.76. The summed E-state index contributed by atoms with van der Waals surface area (Å²) < 4.78 is 0. The van der Waals surface area contributed by atoms with Crippen molar-refractivity contribution in [2.75, 3.05) is 24.5 Å². The Morgan fingerprint density at radius 2 is 2.33 bits per heavy atom. The van der Waals surface area contributed by atoms with Gasteiger partial charge in [-0.25, -0.2) is 9.97 Å². The lowest BCUT2D eigenvalue weighted by atomic mass is 10.1. The Hall–Kier alpha value is -1.20. The van der Waals surface area contributed by atoms with E-state index in [2.05, 4.69) is 33.2 Å². The van der Waals surface area contributed by atoms with Gasteiger partial charge in [0.05, 0.1) is 5.39 Å². The molecule has 4 nitrogen and oxygen atoms in total. The van der Waals surface area contributed by atoms with E-state index < -0.39 is 0 Å². The molecule has 2 aliphatic heterocycles. The molecule has 0 unspecified atom stereocenters. The second-order valence-corrected chi connectivity index (χ2v) is 6.48. The molecule has 2 aromatic heterocycles. The summed E-state index contributed by atoms with van der Waals surface area (Å²) in [5.74, 6) is 1.94. The SMILES string of the molecule is Cc1cc2c(N3CC[C@H]4CNC[C@H]43)ncnc2s1. The number of aryl methyl sites for hydroxylation is 1. The summed E-state index contributed by atoms with van der Waals surface area (Å²) in [6.07, 6.45) is 3.00. The molecule has 94 valence electrons. The van der Waals surface area contributed by atoms with Crippen LogP contribution in [0.4, 0.5) is 5.82 Å². The number of hydrogen-bond donors (Lipinski definition) is 1. The van der Waals surface area contributed by atoms with Gasteiger partial charge in [0.2, 0.25) is 0 Å². The normalized spacial score (nSPS) is 27.1. The molecule has 4 heterocycles. The van der Waals surface area contributed by atoms with Crippen LogP contribution in [0.2, 0.25) is 0 Å². The fraction of sp³-hybridized carbons (Fsp3) is 0.538. The first-order valence-corrected chi connectivity index (χ1v) is 7.33. The van der Waals surface area contributed by atoms with Gasteiger partial charge in [-0.1, -0.05) is 0 Å². The lowest BCUT2D eigenvalue weighted by molar-refractivity contribution is 0.578. The first-order valence-electron chi connectivity index (χ1n) is 6.51. The molecule has 2 fully saturated rings. The molecule has 0 radical (unpaired) electrons. The molecule has 4 rings (SSSR count). The van der Waals surface area contributed by atoms with Gasteiger partial charge in [-0.15, -0.1) is 11.3 Å². The Kier molecular flexibility index (Phi) is 2.32. The third-order valence-corrected chi connectivity index (χ3v) is 5.11. The van der Waals surface area contributed by atoms with Crippen LogP contribution < -0.4 is 10.2 Å². The van der Waals surface area contributed by atoms with E-state index >= 15 is 0 Å². The van der Waals surface area contributed by atoms with Gasteiger partial charge in [-0.05, 0) is 25.3 Å². The van der Waals surface area contributed by atoms with E-state index in [0.29, 0.717) is 6.04 Å². The van der Waals surface area contributed by atoms with E-state index in [9.17, 15) is 0 Å². The highest BCUT2D eigenvalue weighted by molar-refractivity contribution is 7.18. The van der Waals surface area contributed by atoms with Crippen molar-refractivity contribution in [2.24, 2.45) is 5.92 Å². The molecule has 0 bridgehead atoms. The fourth-order valence-corrected chi connectivity index (χ4v) is 4.15. The van der Waals surface area contributed by atoms with E-state index in [0.717, 1.165) is 36.2 Å². The summed E-state index contributed by atoms with van der Waals surface area (Å²) in [6.45, 7) is 5.54. The van der Waals surface area contributed by atoms with Gasteiger partial charge in [0.15, 0.2) is 0 Å². The average molecular weight is 260 g/mol. The number of aromatic nitrogens is 2. The van der Waals surface area contributed by atoms with Gasteiger partial charge < -0.3 is 10.2 Å². The first kappa shape index (κ1) is 10.7. The predicted octanol–water partition coefficient (Wildman–Crippen LogP) is 1.80. The minimum absolute atomic E-state index is 0.628. The quantitative estimate of drug-likeness (QED) is 0.849. The Bertz CT molecular complexity index is 594. The lowest BCUT2D eigenvalue weighted by Crippen LogP contribution is -2.34. The average Bonchev–Trinajstić information content (AvgIpc) is 2.99. The van der Waals surface area contributed by atoms with Crippen LogP contribution in [0.3, 0.4) is 0 Å². The smallest absolute Gasteiger partial charge is 0.141 e. The van der Waals surface area contributed by atoms with Crippen molar-refractivity contribution in [3.05, 3.63) is 17.3 Å². The summed E-state index contributed by atoms with van der Waals surface area (Å²) in [5, 5.41) is 4.72. The topological polar surface area (TPSA) is 41.0 Å². The highest BCUT2D eigenvalue weighted by atomic mass is 32.1. The van der Waals surface area contributed by atoms with E-state index in [4.69, 9.17) is 0 Å². The summed E-state index contributed by atoms with van der Waals surface area (Å²) in [5.41, 5.74) is 0. The van der Waals surface area contributed by atoms with Crippen molar-refractivity contribution in [1.29, 1.82) is 0 Å². The number of rotatable bonds is 1. The van der Waals surface area contributed by atoms with Crippen LogP contribution in [0.25, 0.3) is 10.2 Å². The number of anilines is 1. The zero-order valence-electron chi connectivity index (χ0n) is 10.4. The van der Waals surface area contributed by atoms with E-state index in [1.807, 2.05) is 0 Å². The molecule has 0 saturated carbocycles. The highest BCUT2D eigenvalue weighted by Crippen LogP contribution is 2.36. The zero-order chi connectivity index (χ0) is 12.1. The van der Waals surface area contributed by atoms with Gasteiger partial charge >= 0.3 is 0 Å². The van der Waals surface area contributed by atoms with Crippen molar-refractivity contribution in [3.8, 4) is 0 Å². The molecule has 0 spiro atoms. The monoisotopic (exact) mass is 260 g/mol. The van der Waals surface area contributed by atoms with Crippen molar-refractivity contribution >= 4 is 27.4 Å². The predicted molar refractivity (Wildman–Crippen MR) is 74.3 cm³/mol. The third kappa shape index (κ3) is 1.47. The Labute approximate surface area is 110 Å². The Morgan fingerprint density at radius 3 is 3.28 bits per heavy atom. The first-order chi connectivity index (χ1) is 8.83. The van der Waals surface area contributed by atoms with E-state index in [1.54, 1.807) is 17.7 Å². The molecule has 0 amide bonds. The van der Waals surface area contributed by atoms with Crippen LogP contribution in [0, 0.1) is 12.8 Å².